The predicted octanol–water partition coefficient (Wildman–Crippen LogP) is 5.87. The average Bonchev–Trinajstić information content (AvgIpc) is 3.14. The molecule has 5 atom stereocenters. The number of hydrogen-bond acceptors (Lipinski definition) is 4. The molecule has 3 saturated carbocycles. The van der Waals surface area contributed by atoms with Gasteiger partial charge in [-0.1, -0.05) is 50.6 Å². The molecule has 0 saturated heterocycles. The summed E-state index contributed by atoms with van der Waals surface area (Å²) in [5.74, 6) is 1.09. The first-order chi connectivity index (χ1) is 15.7. The second kappa shape index (κ2) is 11.7. The summed E-state index contributed by atoms with van der Waals surface area (Å²) >= 11 is 0. The van der Waals surface area contributed by atoms with E-state index in [1.54, 1.807) is 5.57 Å². The standard InChI is InChI=1S/C29H48O4/c1-5-29(32,6-2)15-8-16-33-20-21(3)26-12-13-27-23(9-7-14-28(26,27)4)11-10-22-17-24(30)19-25(31)18-22/h10-11,24-27,30-32H,3,5-9,12-20H2,1-2,4H3/t24-,25-,26-,27+,28-/m1/s1. The zero-order valence-electron chi connectivity index (χ0n) is 21.3. The molecule has 0 radical (unpaired) electrons. The van der Waals surface area contributed by atoms with E-state index in [2.05, 4.69) is 39.5 Å². The van der Waals surface area contributed by atoms with Gasteiger partial charge in [-0.3, -0.25) is 0 Å². The number of aliphatic hydroxyl groups excluding tert-OH is 2. The van der Waals surface area contributed by atoms with E-state index < -0.39 is 17.8 Å². The van der Waals surface area contributed by atoms with Crippen molar-refractivity contribution >= 4 is 0 Å². The van der Waals surface area contributed by atoms with E-state index >= 15 is 0 Å². The van der Waals surface area contributed by atoms with E-state index in [1.165, 1.54) is 36.8 Å². The highest BCUT2D eigenvalue weighted by Gasteiger charge is 2.49. The summed E-state index contributed by atoms with van der Waals surface area (Å²) in [4.78, 5) is 0. The van der Waals surface area contributed by atoms with E-state index in [0.717, 1.165) is 32.1 Å². The van der Waals surface area contributed by atoms with Gasteiger partial charge in [0.1, 0.15) is 0 Å². The van der Waals surface area contributed by atoms with Gasteiger partial charge in [0.25, 0.3) is 0 Å². The van der Waals surface area contributed by atoms with E-state index in [-0.39, 0.29) is 5.41 Å². The highest BCUT2D eigenvalue weighted by Crippen LogP contribution is 2.59. The molecule has 3 N–H and O–H groups in total. The maximum Gasteiger partial charge on any atom is 0.0677 e. The molecular weight excluding hydrogens is 412 g/mol. The fraction of sp³-hybridized carbons (Fsp3) is 0.793. The Morgan fingerprint density at radius 1 is 1.15 bits per heavy atom. The monoisotopic (exact) mass is 460 g/mol. The summed E-state index contributed by atoms with van der Waals surface area (Å²) < 4.78 is 6.01. The molecule has 0 aromatic heterocycles. The van der Waals surface area contributed by atoms with Gasteiger partial charge < -0.3 is 20.1 Å². The number of rotatable bonds is 10. The number of fused-ring (bicyclic) bond motifs is 1. The largest absolute Gasteiger partial charge is 0.393 e. The quantitative estimate of drug-likeness (QED) is 0.282. The molecule has 0 heterocycles. The molecule has 0 spiro atoms. The van der Waals surface area contributed by atoms with Gasteiger partial charge in [-0.25, -0.2) is 0 Å². The van der Waals surface area contributed by atoms with Crippen molar-refractivity contribution in [2.24, 2.45) is 17.3 Å². The molecule has 0 bridgehead atoms. The van der Waals surface area contributed by atoms with Crippen LogP contribution in [0.2, 0.25) is 0 Å². The average molecular weight is 461 g/mol. The van der Waals surface area contributed by atoms with Crippen LogP contribution in [-0.4, -0.2) is 46.3 Å². The Morgan fingerprint density at radius 3 is 2.52 bits per heavy atom. The van der Waals surface area contributed by atoms with Crippen LogP contribution in [0.25, 0.3) is 0 Å². The lowest BCUT2D eigenvalue weighted by atomic mass is 9.62. The molecule has 0 unspecified atom stereocenters. The molecule has 4 heteroatoms. The zero-order valence-corrected chi connectivity index (χ0v) is 21.3. The topological polar surface area (TPSA) is 69.9 Å². The van der Waals surface area contributed by atoms with Crippen molar-refractivity contribution in [3.05, 3.63) is 35.5 Å². The van der Waals surface area contributed by atoms with Crippen LogP contribution in [0, 0.1) is 17.3 Å². The Hall–Kier alpha value is -0.940. The minimum absolute atomic E-state index is 0.249. The lowest BCUT2D eigenvalue weighted by Gasteiger charge is -2.43. The third kappa shape index (κ3) is 6.60. The van der Waals surface area contributed by atoms with Crippen LogP contribution in [0.1, 0.15) is 97.8 Å². The molecular formula is C29H48O4. The first-order valence-electron chi connectivity index (χ1n) is 13.4. The van der Waals surface area contributed by atoms with Gasteiger partial charge >= 0.3 is 0 Å². The molecule has 3 aliphatic rings. The first-order valence-corrected chi connectivity index (χ1v) is 13.4. The van der Waals surface area contributed by atoms with E-state index in [9.17, 15) is 15.3 Å². The molecule has 0 aliphatic heterocycles. The fourth-order valence-corrected chi connectivity index (χ4v) is 6.85. The summed E-state index contributed by atoms with van der Waals surface area (Å²) in [6.07, 6.45) is 14.8. The van der Waals surface area contributed by atoms with Crippen LogP contribution < -0.4 is 0 Å². The SMILES string of the molecule is C=C(COCCCC(O)(CC)CC)[C@H]1CC[C@H]2C(=CC=C3C[C@@H](O)C[C@H](O)C3)CCC[C@]12C. The molecule has 4 nitrogen and oxygen atoms in total. The maximum atomic E-state index is 10.4. The smallest absolute Gasteiger partial charge is 0.0677 e. The molecule has 0 aromatic carbocycles. The predicted molar refractivity (Wildman–Crippen MR) is 135 cm³/mol. The normalized spacial score (nSPS) is 33.9. The van der Waals surface area contributed by atoms with Gasteiger partial charge in [0.05, 0.1) is 24.4 Å². The third-order valence-electron chi connectivity index (χ3n) is 9.06. The Balaban J connectivity index is 1.55. The first kappa shape index (κ1) is 26.7. The van der Waals surface area contributed by atoms with Crippen LogP contribution >= 0.6 is 0 Å². The fourth-order valence-electron chi connectivity index (χ4n) is 6.85. The van der Waals surface area contributed by atoms with E-state index in [0.29, 0.717) is 44.3 Å². The van der Waals surface area contributed by atoms with Crippen LogP contribution in [0.15, 0.2) is 35.5 Å². The summed E-state index contributed by atoms with van der Waals surface area (Å²) in [6.45, 7) is 12.3. The van der Waals surface area contributed by atoms with Crippen molar-refractivity contribution < 1.29 is 20.1 Å². The molecule has 0 aromatic rings. The Bertz CT molecular complexity index is 707. The van der Waals surface area contributed by atoms with Crippen molar-refractivity contribution in [1.29, 1.82) is 0 Å². The van der Waals surface area contributed by atoms with Crippen LogP contribution in [0.4, 0.5) is 0 Å². The van der Waals surface area contributed by atoms with E-state index in [4.69, 9.17) is 4.74 Å². The lowest BCUT2D eigenvalue weighted by molar-refractivity contribution is 0.0128. The van der Waals surface area contributed by atoms with Crippen molar-refractivity contribution in [3.63, 3.8) is 0 Å². The summed E-state index contributed by atoms with van der Waals surface area (Å²) in [5, 5.41) is 30.4. The Kier molecular flexibility index (Phi) is 9.42. The Labute approximate surface area is 201 Å². The third-order valence-corrected chi connectivity index (χ3v) is 9.06. The van der Waals surface area contributed by atoms with Gasteiger partial charge in [-0.15, -0.1) is 0 Å². The van der Waals surface area contributed by atoms with Gasteiger partial charge in [0.15, 0.2) is 0 Å². The molecule has 33 heavy (non-hydrogen) atoms. The van der Waals surface area contributed by atoms with Crippen molar-refractivity contribution in [3.8, 4) is 0 Å². The number of aliphatic hydroxyl groups is 3. The molecule has 188 valence electrons. The zero-order chi connectivity index (χ0) is 24.1. The Morgan fingerprint density at radius 2 is 1.85 bits per heavy atom. The van der Waals surface area contributed by atoms with Gasteiger partial charge in [0, 0.05) is 6.61 Å². The van der Waals surface area contributed by atoms with Crippen LogP contribution in [-0.2, 0) is 4.74 Å². The minimum atomic E-state index is -0.541. The van der Waals surface area contributed by atoms with Gasteiger partial charge in [-0.2, -0.15) is 0 Å². The number of ether oxygens (including phenoxy) is 1. The van der Waals surface area contributed by atoms with E-state index in [1.807, 2.05) is 0 Å². The van der Waals surface area contributed by atoms with Crippen LogP contribution in [0.5, 0.6) is 0 Å². The molecule has 3 rings (SSSR count). The van der Waals surface area contributed by atoms with Crippen molar-refractivity contribution in [2.75, 3.05) is 13.2 Å². The van der Waals surface area contributed by atoms with Crippen molar-refractivity contribution in [1.82, 2.24) is 0 Å². The van der Waals surface area contributed by atoms with Gasteiger partial charge in [-0.05, 0) is 99.9 Å². The summed E-state index contributed by atoms with van der Waals surface area (Å²) in [7, 11) is 0. The highest BCUT2D eigenvalue weighted by atomic mass is 16.5. The number of hydrogen-bond donors (Lipinski definition) is 3. The minimum Gasteiger partial charge on any atom is -0.393 e. The summed E-state index contributed by atoms with van der Waals surface area (Å²) in [5.41, 5.74) is 3.66. The highest BCUT2D eigenvalue weighted by molar-refractivity contribution is 5.28. The number of allylic oxidation sites excluding steroid dienone is 3. The molecule has 3 aliphatic carbocycles. The van der Waals surface area contributed by atoms with Gasteiger partial charge in [0.2, 0.25) is 0 Å². The lowest BCUT2D eigenvalue weighted by Crippen LogP contribution is -2.34. The maximum absolute atomic E-state index is 10.4. The second-order valence-corrected chi connectivity index (χ2v) is 11.3. The molecule has 3 fully saturated rings. The van der Waals surface area contributed by atoms with Crippen LogP contribution in [0.3, 0.4) is 0 Å². The van der Waals surface area contributed by atoms with Crippen molar-refractivity contribution in [2.45, 2.75) is 116 Å². The summed E-state index contributed by atoms with van der Waals surface area (Å²) in [6, 6.07) is 0. The second-order valence-electron chi connectivity index (χ2n) is 11.3. The molecule has 0 amide bonds.